The third kappa shape index (κ3) is 6.14. The van der Waals surface area contributed by atoms with Gasteiger partial charge in [-0.05, 0) is 37.1 Å². The van der Waals surface area contributed by atoms with E-state index in [4.69, 9.17) is 0 Å². The number of carbonyl (C=O) groups is 3. The molecule has 0 aliphatic heterocycles. The summed E-state index contributed by atoms with van der Waals surface area (Å²) < 4.78 is 13.8. The predicted octanol–water partition coefficient (Wildman–Crippen LogP) is 2.99. The van der Waals surface area contributed by atoms with Gasteiger partial charge in [0.1, 0.15) is 11.9 Å². The quantitative estimate of drug-likeness (QED) is 0.751. The largest absolute Gasteiger partial charge is 0.340 e. The average molecular weight is 399 g/mol. The Bertz CT molecular complexity index is 881. The lowest BCUT2D eigenvalue weighted by Crippen LogP contribution is -2.51. The molecule has 0 aromatic heterocycles. The van der Waals surface area contributed by atoms with Crippen molar-refractivity contribution in [1.29, 1.82) is 0 Å². The van der Waals surface area contributed by atoms with Gasteiger partial charge in [0.2, 0.25) is 11.8 Å². The lowest BCUT2D eigenvalue weighted by atomic mass is 10.0. The van der Waals surface area contributed by atoms with Gasteiger partial charge in [0.15, 0.2) is 0 Å². The van der Waals surface area contributed by atoms with E-state index in [1.807, 2.05) is 19.1 Å². The summed E-state index contributed by atoms with van der Waals surface area (Å²) in [4.78, 5) is 38.7. The smallest absolute Gasteiger partial charge is 0.254 e. The molecule has 0 radical (unpaired) electrons. The van der Waals surface area contributed by atoms with Gasteiger partial charge in [0.05, 0.1) is 12.1 Å². The summed E-state index contributed by atoms with van der Waals surface area (Å²) in [5.41, 5.74) is 1.57. The molecule has 6 nitrogen and oxygen atoms in total. The maximum absolute atomic E-state index is 13.8. The van der Waals surface area contributed by atoms with Crippen LogP contribution in [0.1, 0.15) is 29.8 Å². The minimum Gasteiger partial charge on any atom is -0.340 e. The molecule has 0 heterocycles. The monoisotopic (exact) mass is 399 g/mol. The number of benzene rings is 2. The van der Waals surface area contributed by atoms with Crippen LogP contribution in [0.2, 0.25) is 0 Å². The van der Waals surface area contributed by atoms with E-state index in [2.05, 4.69) is 10.6 Å². The Kier molecular flexibility index (Phi) is 7.47. The number of hydrogen-bond acceptors (Lipinski definition) is 3. The van der Waals surface area contributed by atoms with Gasteiger partial charge in [-0.1, -0.05) is 43.7 Å². The van der Waals surface area contributed by atoms with E-state index >= 15 is 0 Å². The van der Waals surface area contributed by atoms with Crippen LogP contribution in [0.15, 0.2) is 48.5 Å². The maximum Gasteiger partial charge on any atom is 0.254 e. The third-order valence-electron chi connectivity index (χ3n) is 4.43. The fourth-order valence-electron chi connectivity index (χ4n) is 2.75. The van der Waals surface area contributed by atoms with E-state index in [-0.39, 0.29) is 23.9 Å². The second kappa shape index (κ2) is 9.82. The van der Waals surface area contributed by atoms with Crippen LogP contribution in [0.3, 0.4) is 0 Å². The number of aryl methyl sites for hydroxylation is 1. The van der Waals surface area contributed by atoms with Crippen LogP contribution >= 0.6 is 0 Å². The molecular formula is C22H26FN3O3. The van der Waals surface area contributed by atoms with Gasteiger partial charge in [-0.15, -0.1) is 0 Å². The van der Waals surface area contributed by atoms with E-state index in [1.165, 1.54) is 30.1 Å². The van der Waals surface area contributed by atoms with E-state index in [9.17, 15) is 18.8 Å². The Hall–Kier alpha value is -3.22. The normalized spacial score (nSPS) is 11.7. The minimum atomic E-state index is -0.890. The summed E-state index contributed by atoms with van der Waals surface area (Å²) in [5.74, 6) is -2.37. The Labute approximate surface area is 170 Å². The molecule has 7 heteroatoms. The number of nitrogens with one attached hydrogen (secondary N) is 2. The van der Waals surface area contributed by atoms with Crippen molar-refractivity contribution in [3.63, 3.8) is 0 Å². The van der Waals surface area contributed by atoms with Crippen molar-refractivity contribution >= 4 is 23.4 Å². The Morgan fingerprint density at radius 2 is 1.66 bits per heavy atom. The first-order valence-electron chi connectivity index (χ1n) is 9.36. The number of likely N-dealkylation sites (N-methyl/N-ethyl adjacent to an activating group) is 1. The summed E-state index contributed by atoms with van der Waals surface area (Å²) in [5, 5.41) is 5.31. The van der Waals surface area contributed by atoms with Crippen molar-refractivity contribution in [2.24, 2.45) is 5.92 Å². The van der Waals surface area contributed by atoms with Gasteiger partial charge in [0.25, 0.3) is 5.91 Å². The van der Waals surface area contributed by atoms with Crippen LogP contribution in [0, 0.1) is 18.7 Å². The van der Waals surface area contributed by atoms with Crippen molar-refractivity contribution in [3.05, 3.63) is 65.5 Å². The number of hydrogen-bond donors (Lipinski definition) is 2. The van der Waals surface area contributed by atoms with Crippen LogP contribution < -0.4 is 10.6 Å². The highest BCUT2D eigenvalue weighted by Gasteiger charge is 2.28. The highest BCUT2D eigenvalue weighted by Crippen LogP contribution is 2.11. The molecule has 0 aliphatic carbocycles. The number of rotatable bonds is 7. The summed E-state index contributed by atoms with van der Waals surface area (Å²) in [7, 11) is 1.49. The van der Waals surface area contributed by atoms with Crippen molar-refractivity contribution in [3.8, 4) is 0 Å². The molecule has 0 saturated carbocycles. The Balaban J connectivity index is 2.01. The number of halogens is 1. The molecule has 29 heavy (non-hydrogen) atoms. The second-order valence-corrected chi connectivity index (χ2v) is 7.28. The Morgan fingerprint density at radius 3 is 2.24 bits per heavy atom. The lowest BCUT2D eigenvalue weighted by molar-refractivity contribution is -0.135. The van der Waals surface area contributed by atoms with E-state index in [0.717, 1.165) is 5.56 Å². The molecule has 2 rings (SSSR count). The Morgan fingerprint density at radius 1 is 1.03 bits per heavy atom. The van der Waals surface area contributed by atoms with Gasteiger partial charge in [-0.2, -0.15) is 0 Å². The molecule has 1 atom stereocenters. The van der Waals surface area contributed by atoms with Crippen LogP contribution in [0.25, 0.3) is 0 Å². The average Bonchev–Trinajstić information content (AvgIpc) is 2.67. The van der Waals surface area contributed by atoms with Crippen LogP contribution in [-0.2, 0) is 9.59 Å². The topological polar surface area (TPSA) is 78.5 Å². The molecule has 0 bridgehead atoms. The minimum absolute atomic E-state index is 0.134. The van der Waals surface area contributed by atoms with Crippen LogP contribution in [0.4, 0.5) is 10.1 Å². The summed E-state index contributed by atoms with van der Waals surface area (Å²) in [6, 6.07) is 12.0. The van der Waals surface area contributed by atoms with Crippen molar-refractivity contribution in [1.82, 2.24) is 10.2 Å². The van der Waals surface area contributed by atoms with Gasteiger partial charge in [-0.3, -0.25) is 14.4 Å². The predicted molar refractivity (Wildman–Crippen MR) is 110 cm³/mol. The molecule has 0 fully saturated rings. The first kappa shape index (κ1) is 22.1. The molecule has 0 aliphatic rings. The number of amides is 3. The highest BCUT2D eigenvalue weighted by atomic mass is 19.1. The zero-order chi connectivity index (χ0) is 21.6. The number of carbonyl (C=O) groups excluding carboxylic acids is 3. The maximum atomic E-state index is 13.8. The molecule has 0 saturated heterocycles. The molecule has 1 unspecified atom stereocenters. The molecule has 154 valence electrons. The first-order chi connectivity index (χ1) is 13.7. The van der Waals surface area contributed by atoms with E-state index in [1.54, 1.807) is 32.0 Å². The van der Waals surface area contributed by atoms with Gasteiger partial charge in [0, 0.05) is 12.7 Å². The fourth-order valence-corrected chi connectivity index (χ4v) is 2.75. The molecule has 0 spiro atoms. The van der Waals surface area contributed by atoms with Gasteiger partial charge in [-0.25, -0.2) is 4.39 Å². The lowest BCUT2D eigenvalue weighted by Gasteiger charge is -2.27. The molecular weight excluding hydrogens is 373 g/mol. The second-order valence-electron chi connectivity index (χ2n) is 7.28. The molecule has 3 amide bonds. The zero-order valence-corrected chi connectivity index (χ0v) is 17.0. The molecule has 2 aromatic rings. The van der Waals surface area contributed by atoms with Crippen molar-refractivity contribution in [2.45, 2.75) is 26.8 Å². The summed E-state index contributed by atoms with van der Waals surface area (Å²) in [6.07, 6.45) is 0. The summed E-state index contributed by atoms with van der Waals surface area (Å²) in [6.45, 7) is 5.31. The molecule has 2 N–H and O–H groups in total. The SMILES string of the molecule is Cc1ccc(NC(=O)CN(C)C(=O)C(NC(=O)c2ccccc2F)C(C)C)cc1. The van der Waals surface area contributed by atoms with E-state index in [0.29, 0.717) is 5.69 Å². The summed E-state index contributed by atoms with van der Waals surface area (Å²) >= 11 is 0. The number of anilines is 1. The molecule has 2 aromatic carbocycles. The van der Waals surface area contributed by atoms with Crippen molar-refractivity contribution < 1.29 is 18.8 Å². The van der Waals surface area contributed by atoms with Crippen LogP contribution in [-0.4, -0.2) is 42.3 Å². The van der Waals surface area contributed by atoms with E-state index < -0.39 is 23.7 Å². The zero-order valence-electron chi connectivity index (χ0n) is 17.0. The van der Waals surface area contributed by atoms with Crippen LogP contribution in [0.5, 0.6) is 0 Å². The standard InChI is InChI=1S/C22H26FN3O3/c1-14(2)20(25-21(28)17-7-5-6-8-18(17)23)22(29)26(4)13-19(27)24-16-11-9-15(3)10-12-16/h5-12,14,20H,13H2,1-4H3,(H,24,27)(H,25,28). The number of nitrogens with zero attached hydrogens (tertiary/aromatic N) is 1. The fraction of sp³-hybridized carbons (Fsp3) is 0.318. The third-order valence-corrected chi connectivity index (χ3v) is 4.43. The van der Waals surface area contributed by atoms with Crippen molar-refractivity contribution in [2.75, 3.05) is 18.9 Å². The highest BCUT2D eigenvalue weighted by molar-refractivity contribution is 5.99. The van der Waals surface area contributed by atoms with Gasteiger partial charge < -0.3 is 15.5 Å². The van der Waals surface area contributed by atoms with Gasteiger partial charge >= 0.3 is 0 Å². The first-order valence-corrected chi connectivity index (χ1v) is 9.36.